The zero-order valence-electron chi connectivity index (χ0n) is 50.0. The minimum Gasteiger partial charge on any atom is -0.468 e. The number of ether oxygens (including phenoxy) is 14. The average Bonchev–Trinajstić information content (AvgIpc) is 1.31. The Hall–Kier alpha value is -6.18. The number of hydrogen-bond donors (Lipinski definition) is 0. The van der Waals surface area contributed by atoms with Crippen LogP contribution < -0.4 is 37.9 Å². The van der Waals surface area contributed by atoms with Gasteiger partial charge in [0.25, 0.3) is 0 Å². The largest absolute Gasteiger partial charge is 0.468 e. The first kappa shape index (κ1) is 64.8. The minimum absolute atomic E-state index is 0. The van der Waals surface area contributed by atoms with Crippen molar-refractivity contribution in [1.29, 1.82) is 0 Å². The van der Waals surface area contributed by atoms with Gasteiger partial charge < -0.3 is 66.3 Å². The smallest absolute Gasteiger partial charge is 0.230 e. The number of hydrogen-bond acceptors (Lipinski definition) is 14. The van der Waals surface area contributed by atoms with E-state index in [1.54, 1.807) is 0 Å². The van der Waals surface area contributed by atoms with Crippen molar-refractivity contribution in [3.8, 4) is 57.1 Å². The van der Waals surface area contributed by atoms with Crippen LogP contribution in [0.3, 0.4) is 0 Å². The van der Waals surface area contributed by atoms with E-state index in [1.165, 1.54) is 28.5 Å². The molecule has 0 spiro atoms. The monoisotopic (exact) mass is 1530 g/mol. The second-order valence-corrected chi connectivity index (χ2v) is 22.8. The Morgan fingerprint density at radius 3 is 1.22 bits per heavy atom. The van der Waals surface area contributed by atoms with Gasteiger partial charge in [0.2, 0.25) is 13.6 Å². The molecule has 0 atom stereocenters. The van der Waals surface area contributed by atoms with Crippen molar-refractivity contribution in [3.05, 3.63) is 192 Å². The summed E-state index contributed by atoms with van der Waals surface area (Å²) in [5, 5.41) is 4.25. The summed E-state index contributed by atoms with van der Waals surface area (Å²) in [7, 11) is 0. The zero-order valence-corrected chi connectivity index (χ0v) is 55.9. The molecule has 2 aliphatic heterocycles. The average molecular weight is 1530 g/mol. The van der Waals surface area contributed by atoms with Crippen LogP contribution in [0, 0.1) is 25.7 Å². The van der Waals surface area contributed by atoms with Crippen LogP contribution in [0.25, 0.3) is 32.7 Å². The molecule has 88 heavy (non-hydrogen) atoms. The van der Waals surface area contributed by atoms with E-state index in [9.17, 15) is 0 Å². The Morgan fingerprint density at radius 2 is 0.761 bits per heavy atom. The molecule has 0 N–H and O–H groups in total. The Balaban J connectivity index is 0.00000428. The van der Waals surface area contributed by atoms with E-state index in [4.69, 9.17) is 66.3 Å². The Kier molecular flexibility index (Phi) is 23.9. The molecule has 16 heteroatoms. The summed E-state index contributed by atoms with van der Waals surface area (Å²) in [6.45, 7) is 9.00. The van der Waals surface area contributed by atoms with E-state index in [2.05, 4.69) is 92.7 Å². The molecule has 0 aromatic heterocycles. The third-order valence-electron chi connectivity index (χ3n) is 16.6. The van der Waals surface area contributed by atoms with Crippen molar-refractivity contribution >= 4 is 21.5 Å². The molecule has 2 saturated carbocycles. The summed E-state index contributed by atoms with van der Waals surface area (Å²) >= 11 is 0. The van der Waals surface area contributed by atoms with Crippen molar-refractivity contribution in [1.82, 2.24) is 0 Å². The fourth-order valence-electron chi connectivity index (χ4n) is 11.6. The maximum Gasteiger partial charge on any atom is 0.230 e. The van der Waals surface area contributed by atoms with Gasteiger partial charge in [-0.1, -0.05) is 117 Å². The van der Waals surface area contributed by atoms with E-state index in [0.29, 0.717) is 86.0 Å². The summed E-state index contributed by atoms with van der Waals surface area (Å²) in [6, 6.07) is 53.1. The maximum atomic E-state index is 6.54. The Morgan fingerprint density at radius 1 is 0.364 bits per heavy atom. The predicted molar refractivity (Wildman–Crippen MR) is 329 cm³/mol. The van der Waals surface area contributed by atoms with E-state index in [-0.39, 0.29) is 95.1 Å². The van der Waals surface area contributed by atoms with Crippen molar-refractivity contribution in [3.63, 3.8) is 0 Å². The SMILES string of the molecule is Cc1ccc2c(-c3c(OCOc4ccc(OCOC5CCC(c6ccc(OCOC[C-]7COC7)cc6)CC5)cc4)ccc4cc(C)ccc34)cc(OCOc3ccc(OCOC4CCC(c5ccc(OCOC[C-]6COC6)cc5)CC4)cc3)cc2c1.[W].[W]. The summed E-state index contributed by atoms with van der Waals surface area (Å²) in [5.74, 6) is 9.23. The van der Waals surface area contributed by atoms with Gasteiger partial charge in [0.1, 0.15) is 46.0 Å². The number of benzene rings is 8. The molecule has 0 bridgehead atoms. The predicted octanol–water partition coefficient (Wildman–Crippen LogP) is 15.2. The molecule has 0 amide bonds. The minimum atomic E-state index is -0.0137. The molecule has 12 rings (SSSR count). The third-order valence-corrected chi connectivity index (χ3v) is 16.6. The van der Waals surface area contributed by atoms with Gasteiger partial charge in [-0.2, -0.15) is 0 Å². The number of aryl methyl sites for hydroxylation is 2. The molecule has 462 valence electrons. The van der Waals surface area contributed by atoms with Crippen LogP contribution in [0.4, 0.5) is 0 Å². The molecule has 2 heterocycles. The number of fused-ring (bicyclic) bond motifs is 2. The van der Waals surface area contributed by atoms with Gasteiger partial charge >= 0.3 is 0 Å². The van der Waals surface area contributed by atoms with Crippen LogP contribution in [0.5, 0.6) is 46.0 Å². The molecule has 14 nitrogen and oxygen atoms in total. The van der Waals surface area contributed by atoms with Crippen LogP contribution in [-0.4, -0.2) is 92.6 Å². The van der Waals surface area contributed by atoms with Crippen molar-refractivity contribution in [2.45, 2.75) is 89.3 Å². The molecule has 8 aromatic rings. The van der Waals surface area contributed by atoms with Gasteiger partial charge in [0.05, 0.1) is 12.2 Å². The molecule has 0 radical (unpaired) electrons. The summed E-state index contributed by atoms with van der Waals surface area (Å²) in [6.07, 6.45) is 8.51. The molecular weight excluding hydrogens is 1460 g/mol. The van der Waals surface area contributed by atoms with E-state index in [0.717, 1.165) is 101 Å². The molecule has 4 fully saturated rings. The first-order valence-electron chi connectivity index (χ1n) is 30.1. The van der Waals surface area contributed by atoms with Crippen LogP contribution in [-0.2, 0) is 70.6 Å². The fourth-order valence-corrected chi connectivity index (χ4v) is 11.6. The second-order valence-electron chi connectivity index (χ2n) is 22.8. The first-order valence-corrected chi connectivity index (χ1v) is 30.1. The van der Waals surface area contributed by atoms with Crippen molar-refractivity contribution in [2.24, 2.45) is 0 Å². The van der Waals surface area contributed by atoms with Gasteiger partial charge in [-0.3, -0.25) is 0 Å². The van der Waals surface area contributed by atoms with Crippen LogP contribution >= 0.6 is 0 Å². The summed E-state index contributed by atoms with van der Waals surface area (Å²) in [4.78, 5) is 0. The second kappa shape index (κ2) is 32.5. The maximum absolute atomic E-state index is 6.54. The van der Waals surface area contributed by atoms with E-state index >= 15 is 0 Å². The summed E-state index contributed by atoms with van der Waals surface area (Å²) < 4.78 is 82.7. The van der Waals surface area contributed by atoms with E-state index < -0.39 is 0 Å². The van der Waals surface area contributed by atoms with Crippen molar-refractivity contribution in [2.75, 3.05) is 80.4 Å². The van der Waals surface area contributed by atoms with Gasteiger partial charge in [0.15, 0.2) is 27.2 Å². The molecule has 4 aliphatic rings. The molecule has 2 aliphatic carbocycles. The van der Waals surface area contributed by atoms with E-state index in [1.807, 2.05) is 78.9 Å². The zero-order chi connectivity index (χ0) is 58.3. The van der Waals surface area contributed by atoms with Gasteiger partial charge in [-0.25, -0.2) is 11.8 Å². The topological polar surface area (TPSA) is 129 Å². The Labute approximate surface area is 545 Å². The third kappa shape index (κ3) is 17.8. The van der Waals surface area contributed by atoms with Crippen molar-refractivity contribution < 1.29 is 108 Å². The molecule has 8 aromatic carbocycles. The first-order chi connectivity index (χ1) is 42.4. The summed E-state index contributed by atoms with van der Waals surface area (Å²) in [5.41, 5.74) is 6.88. The molecule has 0 unspecified atom stereocenters. The molecule has 2 saturated heterocycles. The van der Waals surface area contributed by atoms with Crippen LogP contribution in [0.2, 0.25) is 0 Å². The quantitative estimate of drug-likeness (QED) is 0.0250. The van der Waals surface area contributed by atoms with Crippen LogP contribution in [0.15, 0.2) is 158 Å². The Bertz CT molecular complexity index is 3420. The standard InChI is InChI=1S/C72H76O14.2W/c1-49-4-31-69-57(33-49)13-32-71(86-48-84-66-28-26-64(27-29-66)82-46-80-62-20-11-56(12-21-62)54-7-16-60(17-8-54)78-44-76-42-52-39-74-40-52)72(69)70-36-67(35-58-34-50(2)3-30-68(58)70)85-47-83-65-24-22-63(23-25-65)81-45-79-61-18-9-55(10-19-61)53-5-14-59(15-6-53)77-43-75-41-51-37-73-38-51;;/h3-8,13-17,22-36,55-56,61-62H,9-12,18-21,37-48H2,1-2H3;;/q-2;;. The van der Waals surface area contributed by atoms with Crippen LogP contribution in [0.1, 0.15) is 85.5 Å². The van der Waals surface area contributed by atoms with Gasteiger partial charge in [-0.15, -0.1) is 0 Å². The fraction of sp³-hybridized carbons (Fsp3) is 0.361. The molecular formula is C72H76O14W2-2. The normalized spacial score (nSPS) is 18.4. The number of rotatable bonds is 29. The van der Waals surface area contributed by atoms with Gasteiger partial charge in [0, 0.05) is 47.7 Å². The van der Waals surface area contributed by atoms with Gasteiger partial charge in [-0.05, 0) is 206 Å².